The Bertz CT molecular complexity index is 1330. The Kier molecular flexibility index (Phi) is 10.6. The van der Waals surface area contributed by atoms with E-state index < -0.39 is 21.9 Å². The van der Waals surface area contributed by atoms with E-state index in [1.807, 2.05) is 74.5 Å². The Morgan fingerprint density at radius 3 is 2.00 bits per heavy atom. The van der Waals surface area contributed by atoms with Gasteiger partial charge in [0.2, 0.25) is 21.8 Å². The van der Waals surface area contributed by atoms with Crippen LogP contribution in [0, 0.1) is 5.82 Å². The predicted octanol–water partition coefficient (Wildman–Crippen LogP) is 4.54. The van der Waals surface area contributed by atoms with Gasteiger partial charge in [0.1, 0.15) is 11.9 Å². The summed E-state index contributed by atoms with van der Waals surface area (Å²) in [6, 6.07) is 23.6. The highest BCUT2D eigenvalue weighted by Gasteiger charge is 2.31. The minimum absolute atomic E-state index is 0.0203. The smallest absolute Gasteiger partial charge is 0.243 e. The predicted molar refractivity (Wildman–Crippen MR) is 152 cm³/mol. The molecular weight excluding hydrogens is 517 g/mol. The lowest BCUT2D eigenvalue weighted by Crippen LogP contribution is -2.51. The molecule has 0 bridgehead atoms. The second-order valence-electron chi connectivity index (χ2n) is 9.77. The van der Waals surface area contributed by atoms with Crippen LogP contribution >= 0.6 is 0 Å². The van der Waals surface area contributed by atoms with E-state index in [-0.39, 0.29) is 49.5 Å². The standard InChI is InChI=1S/C30H36FN3O4S/c1-23(2)32-30(36)28(21-24-13-6-4-7-14-24)33(22-25-15-8-5-9-16-25)29(35)19-12-20-34(39(3,37)38)27-18-11-10-17-26(27)31/h4-11,13-18,23,28H,12,19-22H2,1-3H3,(H,32,36)/t28-/m0/s1. The van der Waals surface area contributed by atoms with Crippen LogP contribution in [0.4, 0.5) is 10.1 Å². The Balaban J connectivity index is 1.86. The molecule has 0 fully saturated rings. The third-order valence-electron chi connectivity index (χ3n) is 6.17. The summed E-state index contributed by atoms with van der Waals surface area (Å²) >= 11 is 0. The molecule has 9 heteroatoms. The van der Waals surface area contributed by atoms with Crippen molar-refractivity contribution in [3.05, 3.63) is 102 Å². The summed E-state index contributed by atoms with van der Waals surface area (Å²) < 4.78 is 40.3. The maximum atomic E-state index is 14.4. The van der Waals surface area contributed by atoms with Crippen molar-refractivity contribution in [2.75, 3.05) is 17.1 Å². The molecule has 0 aromatic heterocycles. The van der Waals surface area contributed by atoms with Crippen molar-refractivity contribution >= 4 is 27.5 Å². The van der Waals surface area contributed by atoms with E-state index in [0.29, 0.717) is 6.42 Å². The molecule has 0 aliphatic carbocycles. The number of carbonyl (C=O) groups excluding carboxylic acids is 2. The van der Waals surface area contributed by atoms with Gasteiger partial charge in [-0.2, -0.15) is 0 Å². The number of nitrogens with zero attached hydrogens (tertiary/aromatic N) is 2. The van der Waals surface area contributed by atoms with Crippen LogP contribution in [0.5, 0.6) is 0 Å². The molecule has 208 valence electrons. The zero-order valence-corrected chi connectivity index (χ0v) is 23.4. The second kappa shape index (κ2) is 13.9. The number of rotatable bonds is 13. The van der Waals surface area contributed by atoms with Crippen LogP contribution in [0.3, 0.4) is 0 Å². The molecule has 0 unspecified atom stereocenters. The van der Waals surface area contributed by atoms with Gasteiger partial charge in [-0.3, -0.25) is 13.9 Å². The normalized spacial score (nSPS) is 12.1. The monoisotopic (exact) mass is 553 g/mol. The van der Waals surface area contributed by atoms with Gasteiger partial charge >= 0.3 is 0 Å². The lowest BCUT2D eigenvalue weighted by Gasteiger charge is -2.32. The largest absolute Gasteiger partial charge is 0.352 e. The average molecular weight is 554 g/mol. The van der Waals surface area contributed by atoms with Gasteiger partial charge < -0.3 is 10.2 Å². The lowest BCUT2D eigenvalue weighted by molar-refractivity contribution is -0.141. The molecule has 0 heterocycles. The summed E-state index contributed by atoms with van der Waals surface area (Å²) in [4.78, 5) is 28.7. The summed E-state index contributed by atoms with van der Waals surface area (Å²) in [6.45, 7) is 3.87. The first kappa shape index (κ1) is 29.8. The molecule has 0 saturated carbocycles. The van der Waals surface area contributed by atoms with Crippen molar-refractivity contribution in [3.63, 3.8) is 0 Å². The fraction of sp³-hybridized carbons (Fsp3) is 0.333. The molecule has 0 spiro atoms. The SMILES string of the molecule is CC(C)NC(=O)[C@H](Cc1ccccc1)N(Cc1ccccc1)C(=O)CCCN(c1ccccc1F)S(C)(=O)=O. The molecule has 1 N–H and O–H groups in total. The highest BCUT2D eigenvalue weighted by Crippen LogP contribution is 2.23. The van der Waals surface area contributed by atoms with E-state index in [1.165, 1.54) is 18.2 Å². The molecule has 3 aromatic rings. The van der Waals surface area contributed by atoms with E-state index in [4.69, 9.17) is 0 Å². The number of para-hydroxylation sites is 1. The van der Waals surface area contributed by atoms with Crippen molar-refractivity contribution in [1.82, 2.24) is 10.2 Å². The molecule has 0 aliphatic heterocycles. The summed E-state index contributed by atoms with van der Waals surface area (Å²) in [7, 11) is -3.79. The van der Waals surface area contributed by atoms with Gasteiger partial charge in [0, 0.05) is 32.0 Å². The minimum atomic E-state index is -3.79. The van der Waals surface area contributed by atoms with E-state index in [0.717, 1.165) is 21.7 Å². The van der Waals surface area contributed by atoms with Gasteiger partial charge in [-0.05, 0) is 43.5 Å². The van der Waals surface area contributed by atoms with Crippen LogP contribution in [-0.2, 0) is 32.6 Å². The summed E-state index contributed by atoms with van der Waals surface area (Å²) in [5, 5.41) is 2.94. The maximum Gasteiger partial charge on any atom is 0.243 e. The zero-order chi connectivity index (χ0) is 28.4. The van der Waals surface area contributed by atoms with Crippen LogP contribution in [0.25, 0.3) is 0 Å². The van der Waals surface area contributed by atoms with E-state index in [9.17, 15) is 22.4 Å². The minimum Gasteiger partial charge on any atom is -0.352 e. The first-order chi connectivity index (χ1) is 18.6. The van der Waals surface area contributed by atoms with E-state index >= 15 is 0 Å². The Labute approximate surface area is 230 Å². The van der Waals surface area contributed by atoms with E-state index in [1.54, 1.807) is 11.0 Å². The zero-order valence-electron chi connectivity index (χ0n) is 22.6. The van der Waals surface area contributed by atoms with Crippen molar-refractivity contribution < 1.29 is 22.4 Å². The summed E-state index contributed by atoms with van der Waals surface area (Å²) in [5.41, 5.74) is 1.72. The molecule has 0 radical (unpaired) electrons. The number of nitrogens with one attached hydrogen (secondary N) is 1. The van der Waals surface area contributed by atoms with Crippen LogP contribution in [-0.4, -0.2) is 50.0 Å². The van der Waals surface area contributed by atoms with Gasteiger partial charge in [0.15, 0.2) is 0 Å². The van der Waals surface area contributed by atoms with Crippen molar-refractivity contribution in [2.24, 2.45) is 0 Å². The van der Waals surface area contributed by atoms with Gasteiger partial charge in [0.25, 0.3) is 0 Å². The number of anilines is 1. The number of hydrogen-bond donors (Lipinski definition) is 1. The molecule has 2 amide bonds. The first-order valence-corrected chi connectivity index (χ1v) is 14.8. The van der Waals surface area contributed by atoms with Crippen LogP contribution in [0.15, 0.2) is 84.9 Å². The second-order valence-corrected chi connectivity index (χ2v) is 11.7. The molecule has 1 atom stereocenters. The number of sulfonamides is 1. The topological polar surface area (TPSA) is 86.8 Å². The van der Waals surface area contributed by atoms with Gasteiger partial charge in [-0.15, -0.1) is 0 Å². The van der Waals surface area contributed by atoms with Gasteiger partial charge in [0.05, 0.1) is 11.9 Å². The first-order valence-electron chi connectivity index (χ1n) is 13.0. The highest BCUT2D eigenvalue weighted by molar-refractivity contribution is 7.92. The number of halogens is 1. The van der Waals surface area contributed by atoms with Crippen LogP contribution < -0.4 is 9.62 Å². The third kappa shape index (κ3) is 8.92. The maximum absolute atomic E-state index is 14.4. The van der Waals surface area contributed by atoms with Gasteiger partial charge in [-0.1, -0.05) is 72.8 Å². The molecule has 3 rings (SSSR count). The summed E-state index contributed by atoms with van der Waals surface area (Å²) in [6.07, 6.45) is 1.46. The van der Waals surface area contributed by atoms with Crippen molar-refractivity contribution in [1.29, 1.82) is 0 Å². The fourth-order valence-corrected chi connectivity index (χ4v) is 5.32. The van der Waals surface area contributed by atoms with Crippen molar-refractivity contribution in [2.45, 2.75) is 51.7 Å². The van der Waals surface area contributed by atoms with Crippen LogP contribution in [0.2, 0.25) is 0 Å². The van der Waals surface area contributed by atoms with E-state index in [2.05, 4.69) is 5.32 Å². The molecule has 0 aliphatic rings. The Morgan fingerprint density at radius 1 is 0.872 bits per heavy atom. The quantitative estimate of drug-likeness (QED) is 0.337. The lowest BCUT2D eigenvalue weighted by atomic mass is 10.0. The Hall–Kier alpha value is -3.72. The Morgan fingerprint density at radius 2 is 1.44 bits per heavy atom. The highest BCUT2D eigenvalue weighted by atomic mass is 32.2. The molecule has 7 nitrogen and oxygen atoms in total. The van der Waals surface area contributed by atoms with Crippen molar-refractivity contribution in [3.8, 4) is 0 Å². The molecular formula is C30H36FN3O4S. The number of benzene rings is 3. The molecule has 3 aromatic carbocycles. The van der Waals surface area contributed by atoms with Crippen LogP contribution in [0.1, 0.15) is 37.8 Å². The average Bonchev–Trinajstić information content (AvgIpc) is 2.89. The molecule has 0 saturated heterocycles. The van der Waals surface area contributed by atoms with Gasteiger partial charge in [-0.25, -0.2) is 12.8 Å². The summed E-state index contributed by atoms with van der Waals surface area (Å²) in [5.74, 6) is -1.21. The number of carbonyl (C=O) groups is 2. The number of amides is 2. The fourth-order valence-electron chi connectivity index (χ4n) is 4.35. The third-order valence-corrected chi connectivity index (χ3v) is 7.35. The number of hydrogen-bond acceptors (Lipinski definition) is 4. The molecule has 39 heavy (non-hydrogen) atoms.